The van der Waals surface area contributed by atoms with Gasteiger partial charge in [0.2, 0.25) is 0 Å². The second kappa shape index (κ2) is 3.90. The average Bonchev–Trinajstić information content (AvgIpc) is 2.23. The predicted molar refractivity (Wildman–Crippen MR) is 58.3 cm³/mol. The molecule has 0 nitrogen and oxygen atoms in total. The monoisotopic (exact) mass is 226 g/mol. The van der Waals surface area contributed by atoms with Gasteiger partial charge in [0, 0.05) is 0 Å². The van der Waals surface area contributed by atoms with Gasteiger partial charge in [0.05, 0.1) is 0 Å². The Balaban J connectivity index is 3.31. The number of hydrogen-bond acceptors (Lipinski definition) is 0. The van der Waals surface area contributed by atoms with Crippen molar-refractivity contribution in [1.82, 2.24) is 0 Å². The molecule has 0 bridgehead atoms. The third-order valence-corrected chi connectivity index (χ3v) is 7.10. The standard InChI is InChI=1S/C12H8Ge/c1-4-13(5-2,6-3)12-10-8-7-9-11-12/h1-3,7-11H. The van der Waals surface area contributed by atoms with Crippen LogP contribution in [-0.2, 0) is 0 Å². The molecule has 0 saturated heterocycles. The Morgan fingerprint density at radius 2 is 1.31 bits per heavy atom. The fourth-order valence-corrected chi connectivity index (χ4v) is 4.09. The second-order valence-electron chi connectivity index (χ2n) is 2.55. The molecule has 13 heavy (non-hydrogen) atoms. The summed E-state index contributed by atoms with van der Waals surface area (Å²) < 4.78 is 8.92. The molecule has 1 rings (SSSR count). The van der Waals surface area contributed by atoms with Crippen molar-refractivity contribution in [2.24, 2.45) is 0 Å². The minimum absolute atomic E-state index is 0.981. The van der Waals surface area contributed by atoms with Gasteiger partial charge >= 0.3 is 81.5 Å². The Kier molecular flexibility index (Phi) is 2.86. The van der Waals surface area contributed by atoms with Crippen LogP contribution in [0.4, 0.5) is 0 Å². The van der Waals surface area contributed by atoms with Gasteiger partial charge in [-0.05, 0) is 0 Å². The Labute approximate surface area is 81.7 Å². The van der Waals surface area contributed by atoms with E-state index in [0.717, 1.165) is 4.40 Å². The summed E-state index contributed by atoms with van der Waals surface area (Å²) in [4.78, 5) is 0. The average molecular weight is 225 g/mol. The van der Waals surface area contributed by atoms with E-state index in [4.69, 9.17) is 19.3 Å². The van der Waals surface area contributed by atoms with Gasteiger partial charge in [-0.25, -0.2) is 0 Å². The van der Waals surface area contributed by atoms with Crippen LogP contribution in [-0.4, -0.2) is 13.3 Å². The van der Waals surface area contributed by atoms with Crippen molar-refractivity contribution in [3.63, 3.8) is 0 Å². The third kappa shape index (κ3) is 1.62. The molecule has 0 heterocycles. The fraction of sp³-hybridized carbons (Fsp3) is 0. The van der Waals surface area contributed by atoms with E-state index < -0.39 is 13.3 Å². The predicted octanol–water partition coefficient (Wildman–Crippen LogP) is 0.860. The summed E-state index contributed by atoms with van der Waals surface area (Å²) in [5.74, 6) is 0. The van der Waals surface area contributed by atoms with Crippen molar-refractivity contribution >= 4 is 17.7 Å². The summed E-state index contributed by atoms with van der Waals surface area (Å²) in [5, 5.41) is 0. The Morgan fingerprint density at radius 1 is 0.846 bits per heavy atom. The van der Waals surface area contributed by atoms with Crippen molar-refractivity contribution in [3.05, 3.63) is 30.3 Å². The topological polar surface area (TPSA) is 0 Å². The van der Waals surface area contributed by atoms with Crippen molar-refractivity contribution in [3.8, 4) is 33.5 Å². The Hall–Kier alpha value is -1.56. The Morgan fingerprint density at radius 3 is 1.69 bits per heavy atom. The normalized spacial score (nSPS) is 9.31. The maximum atomic E-state index is 5.41. The van der Waals surface area contributed by atoms with Crippen molar-refractivity contribution in [2.75, 3.05) is 0 Å². The van der Waals surface area contributed by atoms with Gasteiger partial charge in [-0.1, -0.05) is 0 Å². The van der Waals surface area contributed by atoms with Gasteiger partial charge in [0.1, 0.15) is 0 Å². The van der Waals surface area contributed by atoms with E-state index in [-0.39, 0.29) is 0 Å². The molecular formula is C12H8Ge. The van der Waals surface area contributed by atoms with E-state index in [2.05, 4.69) is 14.3 Å². The third-order valence-electron chi connectivity index (χ3n) is 1.86. The van der Waals surface area contributed by atoms with Gasteiger partial charge in [-0.3, -0.25) is 0 Å². The van der Waals surface area contributed by atoms with E-state index in [0.29, 0.717) is 0 Å². The van der Waals surface area contributed by atoms with Crippen LogP contribution in [0.25, 0.3) is 0 Å². The molecule has 0 radical (unpaired) electrons. The molecule has 0 aliphatic carbocycles. The molecule has 0 fully saturated rings. The second-order valence-corrected chi connectivity index (χ2v) is 8.72. The quantitative estimate of drug-likeness (QED) is 0.491. The molecule has 1 aromatic rings. The molecule has 0 atom stereocenters. The van der Waals surface area contributed by atoms with Crippen LogP contribution >= 0.6 is 0 Å². The molecule has 1 heteroatoms. The zero-order chi connectivity index (χ0) is 9.73. The Bertz CT molecular complexity index is 373. The fourth-order valence-electron chi connectivity index (χ4n) is 1.06. The zero-order valence-corrected chi connectivity index (χ0v) is 9.22. The van der Waals surface area contributed by atoms with Crippen LogP contribution in [0.5, 0.6) is 0 Å². The van der Waals surface area contributed by atoms with Crippen LogP contribution in [0.2, 0.25) is 0 Å². The van der Waals surface area contributed by atoms with Crippen LogP contribution < -0.4 is 4.40 Å². The van der Waals surface area contributed by atoms with Gasteiger partial charge in [-0.2, -0.15) is 0 Å². The van der Waals surface area contributed by atoms with Crippen molar-refractivity contribution in [1.29, 1.82) is 0 Å². The van der Waals surface area contributed by atoms with Crippen molar-refractivity contribution in [2.45, 2.75) is 0 Å². The summed E-state index contributed by atoms with van der Waals surface area (Å²) in [7, 11) is 0. The summed E-state index contributed by atoms with van der Waals surface area (Å²) in [6.45, 7) is 0. The van der Waals surface area contributed by atoms with Gasteiger partial charge < -0.3 is 0 Å². The molecular weight excluding hydrogens is 217 g/mol. The molecule has 0 aliphatic rings. The molecule has 1 aromatic carbocycles. The number of rotatable bonds is 1. The molecule has 0 unspecified atom stereocenters. The van der Waals surface area contributed by atoms with Crippen LogP contribution in [0, 0.1) is 33.5 Å². The molecule has 0 N–H and O–H groups in total. The van der Waals surface area contributed by atoms with Crippen LogP contribution in [0.3, 0.4) is 0 Å². The first kappa shape index (κ1) is 9.53. The minimum atomic E-state index is -3.04. The molecule has 0 spiro atoms. The van der Waals surface area contributed by atoms with Gasteiger partial charge in [-0.15, -0.1) is 0 Å². The summed E-state index contributed by atoms with van der Waals surface area (Å²) >= 11 is -3.04. The number of hydrogen-bond donors (Lipinski definition) is 0. The van der Waals surface area contributed by atoms with Gasteiger partial charge in [0.25, 0.3) is 0 Å². The molecule has 0 aromatic heterocycles. The van der Waals surface area contributed by atoms with Crippen molar-refractivity contribution < 1.29 is 0 Å². The number of benzene rings is 1. The molecule has 0 saturated carbocycles. The first-order valence-corrected chi connectivity index (χ1v) is 7.97. The van der Waals surface area contributed by atoms with E-state index in [1.807, 2.05) is 30.3 Å². The summed E-state index contributed by atoms with van der Waals surface area (Å²) in [6, 6.07) is 9.56. The zero-order valence-electron chi connectivity index (χ0n) is 7.12. The SMILES string of the molecule is C#[C][Ge]([C]#C)([C]#C)[c]1ccccc1. The first-order valence-electron chi connectivity index (χ1n) is 3.78. The molecule has 60 valence electrons. The molecule has 0 amide bonds. The molecule has 0 aliphatic heterocycles. The first-order chi connectivity index (χ1) is 6.29. The summed E-state index contributed by atoms with van der Waals surface area (Å²) in [5.41, 5.74) is 0. The van der Waals surface area contributed by atoms with Crippen LogP contribution in [0.1, 0.15) is 0 Å². The number of terminal acetylenes is 3. The van der Waals surface area contributed by atoms with E-state index in [1.165, 1.54) is 0 Å². The van der Waals surface area contributed by atoms with E-state index in [9.17, 15) is 0 Å². The summed E-state index contributed by atoms with van der Waals surface area (Å²) in [6.07, 6.45) is 16.2. The van der Waals surface area contributed by atoms with E-state index in [1.54, 1.807) is 0 Å². The van der Waals surface area contributed by atoms with E-state index >= 15 is 0 Å². The van der Waals surface area contributed by atoms with Gasteiger partial charge in [0.15, 0.2) is 0 Å². The maximum absolute atomic E-state index is 5.41. The van der Waals surface area contributed by atoms with Crippen LogP contribution in [0.15, 0.2) is 30.3 Å².